The molecule has 2 heteroatoms. The Morgan fingerprint density at radius 1 is 1.26 bits per heavy atom. The van der Waals surface area contributed by atoms with E-state index in [4.69, 9.17) is 4.74 Å². The molecule has 0 amide bonds. The number of nitrogens with one attached hydrogen (secondary N) is 1. The third-order valence-electron chi connectivity index (χ3n) is 4.15. The van der Waals surface area contributed by atoms with E-state index >= 15 is 0 Å². The number of ether oxygens (including phenoxy) is 1. The van der Waals surface area contributed by atoms with Crippen LogP contribution in [-0.4, -0.2) is 18.7 Å². The van der Waals surface area contributed by atoms with Crippen molar-refractivity contribution in [1.82, 2.24) is 5.32 Å². The van der Waals surface area contributed by atoms with Gasteiger partial charge in [0.25, 0.3) is 0 Å². The average molecular weight is 261 g/mol. The molecular formula is C17H27NO. The minimum Gasteiger partial charge on any atom is -0.365 e. The van der Waals surface area contributed by atoms with Crippen molar-refractivity contribution in [1.29, 1.82) is 0 Å². The fourth-order valence-corrected chi connectivity index (χ4v) is 2.49. The van der Waals surface area contributed by atoms with Crippen molar-refractivity contribution in [3.8, 4) is 0 Å². The zero-order valence-corrected chi connectivity index (χ0v) is 12.9. The summed E-state index contributed by atoms with van der Waals surface area (Å²) in [6, 6.07) is 8.90. The first-order chi connectivity index (χ1) is 8.84. The molecule has 0 saturated carbocycles. The summed E-state index contributed by atoms with van der Waals surface area (Å²) >= 11 is 0. The van der Waals surface area contributed by atoms with Gasteiger partial charge in [-0.25, -0.2) is 0 Å². The third kappa shape index (κ3) is 3.37. The molecule has 19 heavy (non-hydrogen) atoms. The number of hydrogen-bond acceptors (Lipinski definition) is 2. The summed E-state index contributed by atoms with van der Waals surface area (Å²) < 4.78 is 6.27. The van der Waals surface area contributed by atoms with Crippen LogP contribution in [0, 0.1) is 0 Å². The van der Waals surface area contributed by atoms with Crippen molar-refractivity contribution in [3.63, 3.8) is 0 Å². The zero-order valence-electron chi connectivity index (χ0n) is 12.9. The van der Waals surface area contributed by atoms with E-state index in [0.717, 1.165) is 19.5 Å². The lowest BCUT2D eigenvalue weighted by Crippen LogP contribution is -2.48. The smallest absolute Gasteiger partial charge is 0.0957 e. The lowest BCUT2D eigenvalue weighted by molar-refractivity contribution is -0.109. The predicted molar refractivity (Wildman–Crippen MR) is 80.5 cm³/mol. The molecule has 1 N–H and O–H groups in total. The molecule has 2 rings (SSSR count). The van der Waals surface area contributed by atoms with E-state index in [9.17, 15) is 0 Å². The van der Waals surface area contributed by atoms with Crippen LogP contribution in [0.1, 0.15) is 58.3 Å². The molecule has 1 fully saturated rings. The SMILES string of the molecule is CCC1(C)CNCC(c2ccc(C(C)(C)C)cc2)O1. The molecule has 0 aliphatic carbocycles. The van der Waals surface area contributed by atoms with Gasteiger partial charge in [-0.2, -0.15) is 0 Å². The summed E-state index contributed by atoms with van der Waals surface area (Å²) in [7, 11) is 0. The van der Waals surface area contributed by atoms with Crippen molar-refractivity contribution in [2.75, 3.05) is 13.1 Å². The molecular weight excluding hydrogens is 234 g/mol. The van der Waals surface area contributed by atoms with E-state index in [0.29, 0.717) is 0 Å². The van der Waals surface area contributed by atoms with Crippen LogP contribution in [0.4, 0.5) is 0 Å². The van der Waals surface area contributed by atoms with Gasteiger partial charge in [-0.15, -0.1) is 0 Å². The number of rotatable bonds is 2. The van der Waals surface area contributed by atoms with E-state index in [-0.39, 0.29) is 17.1 Å². The second kappa shape index (κ2) is 5.26. The lowest BCUT2D eigenvalue weighted by atomic mass is 9.86. The molecule has 0 aromatic heterocycles. The first-order valence-corrected chi connectivity index (χ1v) is 7.33. The zero-order chi connectivity index (χ0) is 14.1. The second-order valence-corrected chi connectivity index (χ2v) is 6.91. The first-order valence-electron chi connectivity index (χ1n) is 7.33. The molecule has 1 aromatic carbocycles. The van der Waals surface area contributed by atoms with Crippen molar-refractivity contribution in [2.45, 2.75) is 58.2 Å². The Kier molecular flexibility index (Phi) is 4.03. The van der Waals surface area contributed by atoms with Gasteiger partial charge < -0.3 is 10.1 Å². The summed E-state index contributed by atoms with van der Waals surface area (Å²) in [6.07, 6.45) is 1.21. The minimum absolute atomic E-state index is 0.0361. The maximum atomic E-state index is 6.27. The fraction of sp³-hybridized carbons (Fsp3) is 0.647. The molecule has 0 bridgehead atoms. The van der Waals surface area contributed by atoms with E-state index in [1.807, 2.05) is 0 Å². The van der Waals surface area contributed by atoms with Gasteiger partial charge in [-0.1, -0.05) is 52.0 Å². The Balaban J connectivity index is 2.14. The van der Waals surface area contributed by atoms with E-state index < -0.39 is 0 Å². The summed E-state index contributed by atoms with van der Waals surface area (Å²) in [5, 5.41) is 3.49. The summed E-state index contributed by atoms with van der Waals surface area (Å²) in [5.74, 6) is 0. The van der Waals surface area contributed by atoms with Crippen LogP contribution < -0.4 is 5.32 Å². The fourth-order valence-electron chi connectivity index (χ4n) is 2.49. The summed E-state index contributed by atoms with van der Waals surface area (Å²) in [5.41, 5.74) is 2.83. The van der Waals surface area contributed by atoms with E-state index in [1.165, 1.54) is 11.1 Å². The van der Waals surface area contributed by atoms with Gasteiger partial charge in [0.1, 0.15) is 0 Å². The Labute approximate surface area is 117 Å². The van der Waals surface area contributed by atoms with Gasteiger partial charge in [0, 0.05) is 13.1 Å². The largest absolute Gasteiger partial charge is 0.365 e. The maximum Gasteiger partial charge on any atom is 0.0957 e. The second-order valence-electron chi connectivity index (χ2n) is 6.91. The van der Waals surface area contributed by atoms with Crippen LogP contribution in [0.5, 0.6) is 0 Å². The highest BCUT2D eigenvalue weighted by atomic mass is 16.5. The number of benzene rings is 1. The molecule has 0 spiro atoms. The van der Waals surface area contributed by atoms with Gasteiger partial charge in [-0.05, 0) is 29.9 Å². The average Bonchev–Trinajstić information content (AvgIpc) is 2.38. The summed E-state index contributed by atoms with van der Waals surface area (Å²) in [4.78, 5) is 0. The Morgan fingerprint density at radius 3 is 2.42 bits per heavy atom. The van der Waals surface area contributed by atoms with Gasteiger partial charge in [-0.3, -0.25) is 0 Å². The van der Waals surface area contributed by atoms with Gasteiger partial charge in [0.2, 0.25) is 0 Å². The van der Waals surface area contributed by atoms with Gasteiger partial charge in [0.05, 0.1) is 11.7 Å². The topological polar surface area (TPSA) is 21.3 Å². The molecule has 1 aromatic rings. The number of morpholine rings is 1. The monoisotopic (exact) mass is 261 g/mol. The van der Waals surface area contributed by atoms with Crippen LogP contribution in [0.2, 0.25) is 0 Å². The molecule has 0 radical (unpaired) electrons. The Bertz CT molecular complexity index is 418. The predicted octanol–water partition coefficient (Wildman–Crippen LogP) is 3.81. The molecule has 2 nitrogen and oxygen atoms in total. The highest BCUT2D eigenvalue weighted by Gasteiger charge is 2.31. The lowest BCUT2D eigenvalue weighted by Gasteiger charge is -2.39. The summed E-state index contributed by atoms with van der Waals surface area (Å²) in [6.45, 7) is 13.0. The molecule has 2 atom stereocenters. The van der Waals surface area contributed by atoms with Crippen molar-refractivity contribution < 1.29 is 4.74 Å². The van der Waals surface area contributed by atoms with Crippen LogP contribution in [-0.2, 0) is 10.2 Å². The Morgan fingerprint density at radius 2 is 1.89 bits per heavy atom. The minimum atomic E-state index is -0.0361. The Hall–Kier alpha value is -0.860. The molecule has 1 aliphatic rings. The third-order valence-corrected chi connectivity index (χ3v) is 4.15. The van der Waals surface area contributed by atoms with Crippen molar-refractivity contribution >= 4 is 0 Å². The normalized spacial score (nSPS) is 28.4. The van der Waals surface area contributed by atoms with Crippen molar-refractivity contribution in [3.05, 3.63) is 35.4 Å². The molecule has 106 valence electrons. The number of hydrogen-bond donors (Lipinski definition) is 1. The van der Waals surface area contributed by atoms with Gasteiger partial charge >= 0.3 is 0 Å². The van der Waals surface area contributed by atoms with Crippen LogP contribution >= 0.6 is 0 Å². The van der Waals surface area contributed by atoms with Crippen LogP contribution in [0.25, 0.3) is 0 Å². The van der Waals surface area contributed by atoms with E-state index in [2.05, 4.69) is 64.2 Å². The van der Waals surface area contributed by atoms with Crippen LogP contribution in [0.3, 0.4) is 0 Å². The first kappa shape index (κ1) is 14.5. The molecule has 2 unspecified atom stereocenters. The highest BCUT2D eigenvalue weighted by Crippen LogP contribution is 2.30. The molecule has 1 aliphatic heterocycles. The van der Waals surface area contributed by atoms with Gasteiger partial charge in [0.15, 0.2) is 0 Å². The standard InChI is InChI=1S/C17H27NO/c1-6-17(5)12-18-11-15(19-17)13-7-9-14(10-8-13)16(2,3)4/h7-10,15,18H,6,11-12H2,1-5H3. The van der Waals surface area contributed by atoms with E-state index in [1.54, 1.807) is 0 Å². The highest BCUT2D eigenvalue weighted by molar-refractivity contribution is 5.29. The van der Waals surface area contributed by atoms with Crippen LogP contribution in [0.15, 0.2) is 24.3 Å². The molecule has 1 heterocycles. The quantitative estimate of drug-likeness (QED) is 0.874. The molecule has 1 saturated heterocycles. The van der Waals surface area contributed by atoms with Crippen molar-refractivity contribution in [2.24, 2.45) is 0 Å². The maximum absolute atomic E-state index is 6.27.